The molecule has 0 saturated carbocycles. The van der Waals surface area contributed by atoms with Crippen molar-refractivity contribution in [2.75, 3.05) is 45.9 Å². The molecule has 0 spiro atoms. The van der Waals surface area contributed by atoms with Crippen LogP contribution in [0.3, 0.4) is 0 Å². The average molecular weight is 447 g/mol. The molecule has 178 valence electrons. The van der Waals surface area contributed by atoms with Crippen LogP contribution in [-0.2, 0) is 13.8 Å². The first-order valence-electron chi connectivity index (χ1n) is 10.3. The van der Waals surface area contributed by atoms with Gasteiger partial charge in [-0.15, -0.1) is 0 Å². The highest BCUT2D eigenvalue weighted by atomic mass is 31.2. The van der Waals surface area contributed by atoms with E-state index in [9.17, 15) is 14.8 Å². The zero-order chi connectivity index (χ0) is 23.0. The maximum Gasteiger partial charge on any atom is 0.472 e. The van der Waals surface area contributed by atoms with Crippen molar-refractivity contribution in [1.29, 1.82) is 0 Å². The van der Waals surface area contributed by atoms with Crippen LogP contribution in [0.4, 0.5) is 0 Å². The first-order valence-corrected chi connectivity index (χ1v) is 11.9. The molecule has 0 aromatic rings. The SMILES string of the molecule is CCN(CC)CC.CCN(CC)CC.O=P(O)(O)O[C@H]1O[C@H](CO)[C@@H](O)C[C@H]1O. The number of hydrogen-bond donors (Lipinski definition) is 5. The fraction of sp³-hybridized carbons (Fsp3) is 1.00. The lowest BCUT2D eigenvalue weighted by molar-refractivity contribution is -0.244. The Hall–Kier alpha value is -0.130. The van der Waals surface area contributed by atoms with E-state index in [2.05, 4.69) is 55.9 Å². The Bertz CT molecular complexity index is 396. The minimum Gasteiger partial charge on any atom is -0.394 e. The van der Waals surface area contributed by atoms with E-state index in [-0.39, 0.29) is 6.42 Å². The van der Waals surface area contributed by atoms with Gasteiger partial charge >= 0.3 is 7.82 Å². The van der Waals surface area contributed by atoms with E-state index >= 15 is 0 Å². The van der Waals surface area contributed by atoms with E-state index in [1.807, 2.05) is 0 Å². The van der Waals surface area contributed by atoms with E-state index in [0.717, 1.165) is 0 Å². The molecule has 1 saturated heterocycles. The Balaban J connectivity index is 0. The van der Waals surface area contributed by atoms with Gasteiger partial charge in [-0.25, -0.2) is 4.57 Å². The van der Waals surface area contributed by atoms with Gasteiger partial charge in [-0.05, 0) is 39.3 Å². The predicted octanol–water partition coefficient (Wildman–Crippen LogP) is 0.621. The Morgan fingerprint density at radius 1 is 0.862 bits per heavy atom. The topological polar surface area (TPSA) is 143 Å². The van der Waals surface area contributed by atoms with E-state index < -0.39 is 39.0 Å². The number of phosphoric ester groups is 1. The minimum atomic E-state index is -4.78. The maximum absolute atomic E-state index is 10.5. The number of aliphatic hydroxyl groups excluding tert-OH is 3. The van der Waals surface area contributed by atoms with Crippen LogP contribution in [-0.4, -0.2) is 105 Å². The van der Waals surface area contributed by atoms with Gasteiger partial charge in [-0.3, -0.25) is 4.52 Å². The second kappa shape index (κ2) is 17.5. The Labute approximate surface area is 175 Å². The number of phosphoric acid groups is 1. The van der Waals surface area contributed by atoms with Crippen LogP contribution in [0.1, 0.15) is 48.0 Å². The average Bonchev–Trinajstić information content (AvgIpc) is 2.67. The van der Waals surface area contributed by atoms with Gasteiger partial charge in [-0.2, -0.15) is 0 Å². The van der Waals surface area contributed by atoms with Gasteiger partial charge in [0, 0.05) is 6.42 Å². The fourth-order valence-electron chi connectivity index (χ4n) is 2.60. The maximum atomic E-state index is 10.5. The summed E-state index contributed by atoms with van der Waals surface area (Å²) in [6.07, 6.45) is -5.20. The molecule has 0 aromatic carbocycles. The third-order valence-electron chi connectivity index (χ3n) is 4.64. The van der Waals surface area contributed by atoms with Crippen molar-refractivity contribution in [2.24, 2.45) is 0 Å². The summed E-state index contributed by atoms with van der Waals surface area (Å²) in [5, 5.41) is 27.3. The molecule has 10 nitrogen and oxygen atoms in total. The van der Waals surface area contributed by atoms with Gasteiger partial charge in [-0.1, -0.05) is 41.5 Å². The molecule has 1 aliphatic rings. The Morgan fingerprint density at radius 3 is 1.48 bits per heavy atom. The van der Waals surface area contributed by atoms with E-state index in [1.165, 1.54) is 39.3 Å². The van der Waals surface area contributed by atoms with E-state index in [4.69, 9.17) is 19.6 Å². The molecule has 11 heteroatoms. The predicted molar refractivity (Wildman–Crippen MR) is 112 cm³/mol. The number of aliphatic hydroxyl groups is 3. The largest absolute Gasteiger partial charge is 0.472 e. The molecule has 29 heavy (non-hydrogen) atoms. The third kappa shape index (κ3) is 15.3. The normalized spacial score (nSPS) is 24.6. The number of rotatable bonds is 9. The molecule has 4 atom stereocenters. The Kier molecular flexibility index (Phi) is 18.8. The highest BCUT2D eigenvalue weighted by molar-refractivity contribution is 7.46. The van der Waals surface area contributed by atoms with Crippen molar-refractivity contribution >= 4 is 7.82 Å². The first kappa shape index (κ1) is 31.1. The number of hydrogen-bond acceptors (Lipinski definition) is 8. The summed E-state index contributed by atoms with van der Waals surface area (Å²) in [5.41, 5.74) is 0. The second-order valence-electron chi connectivity index (χ2n) is 6.43. The molecular weight excluding hydrogens is 403 g/mol. The Morgan fingerprint density at radius 2 is 1.24 bits per heavy atom. The molecule has 0 aliphatic carbocycles. The highest BCUT2D eigenvalue weighted by Crippen LogP contribution is 2.40. The molecule has 0 unspecified atom stereocenters. The van der Waals surface area contributed by atoms with Crippen LogP contribution in [0.25, 0.3) is 0 Å². The smallest absolute Gasteiger partial charge is 0.394 e. The van der Waals surface area contributed by atoms with Crippen molar-refractivity contribution in [3.63, 3.8) is 0 Å². The summed E-state index contributed by atoms with van der Waals surface area (Å²) in [4.78, 5) is 21.7. The summed E-state index contributed by atoms with van der Waals surface area (Å²) >= 11 is 0. The van der Waals surface area contributed by atoms with Gasteiger partial charge in [0.25, 0.3) is 0 Å². The van der Waals surface area contributed by atoms with Crippen LogP contribution in [0.2, 0.25) is 0 Å². The molecule has 1 aliphatic heterocycles. The van der Waals surface area contributed by atoms with Gasteiger partial charge in [0.2, 0.25) is 0 Å². The quantitative estimate of drug-likeness (QED) is 0.320. The lowest BCUT2D eigenvalue weighted by Crippen LogP contribution is -2.49. The zero-order valence-electron chi connectivity index (χ0n) is 18.8. The molecule has 0 aromatic heterocycles. The van der Waals surface area contributed by atoms with Gasteiger partial charge in [0.15, 0.2) is 6.29 Å². The summed E-state index contributed by atoms with van der Waals surface area (Å²) in [6, 6.07) is 0. The minimum absolute atomic E-state index is 0.185. The summed E-state index contributed by atoms with van der Waals surface area (Å²) in [6.45, 7) is 19.7. The van der Waals surface area contributed by atoms with Gasteiger partial charge in [0.1, 0.15) is 12.2 Å². The van der Waals surface area contributed by atoms with Crippen molar-refractivity contribution in [2.45, 2.75) is 72.6 Å². The van der Waals surface area contributed by atoms with Crippen LogP contribution >= 0.6 is 7.82 Å². The van der Waals surface area contributed by atoms with Gasteiger partial charge in [0.05, 0.1) is 12.7 Å². The molecule has 0 amide bonds. The molecule has 1 rings (SSSR count). The van der Waals surface area contributed by atoms with Crippen molar-refractivity contribution < 1.29 is 38.9 Å². The van der Waals surface area contributed by atoms with Crippen molar-refractivity contribution in [3.8, 4) is 0 Å². The third-order valence-corrected chi connectivity index (χ3v) is 5.12. The molecule has 5 N–H and O–H groups in total. The second-order valence-corrected chi connectivity index (χ2v) is 7.62. The van der Waals surface area contributed by atoms with Crippen LogP contribution in [0.5, 0.6) is 0 Å². The first-order chi connectivity index (χ1) is 13.5. The van der Waals surface area contributed by atoms with Crippen molar-refractivity contribution in [3.05, 3.63) is 0 Å². The van der Waals surface area contributed by atoms with Crippen LogP contribution in [0.15, 0.2) is 0 Å². The zero-order valence-corrected chi connectivity index (χ0v) is 19.7. The standard InChI is InChI=1S/2C6H15N.C6H13O8P/c2*1-4-7(5-2)6-3;7-2-5-3(8)1-4(9)6(13-5)14-15(10,11)12/h2*4-6H2,1-3H3;3-9H,1-2H2,(H2,10,11,12)/t;;3-,4+,5+,6+/m..0/s1. The lowest BCUT2D eigenvalue weighted by Gasteiger charge is -2.35. The van der Waals surface area contributed by atoms with Crippen LogP contribution < -0.4 is 0 Å². The van der Waals surface area contributed by atoms with Crippen molar-refractivity contribution in [1.82, 2.24) is 9.80 Å². The fourth-order valence-corrected chi connectivity index (χ4v) is 3.06. The van der Waals surface area contributed by atoms with Gasteiger partial charge < -0.3 is 39.6 Å². The van der Waals surface area contributed by atoms with Crippen LogP contribution in [0, 0.1) is 0 Å². The number of nitrogens with zero attached hydrogens (tertiary/aromatic N) is 2. The van der Waals surface area contributed by atoms with E-state index in [1.54, 1.807) is 0 Å². The highest BCUT2D eigenvalue weighted by Gasteiger charge is 2.39. The summed E-state index contributed by atoms with van der Waals surface area (Å²) in [7, 11) is -4.78. The monoisotopic (exact) mass is 446 g/mol. The molecular formula is C18H43N2O8P. The summed E-state index contributed by atoms with van der Waals surface area (Å²) in [5.74, 6) is 0. The number of ether oxygens (including phenoxy) is 1. The molecule has 1 heterocycles. The van der Waals surface area contributed by atoms with E-state index in [0.29, 0.717) is 0 Å². The molecule has 1 fully saturated rings. The molecule has 0 radical (unpaired) electrons. The summed E-state index contributed by atoms with van der Waals surface area (Å²) < 4.78 is 19.4. The molecule has 0 bridgehead atoms. The lowest BCUT2D eigenvalue weighted by atomic mass is 10.0.